The molecule has 0 aliphatic rings. The lowest BCUT2D eigenvalue weighted by Gasteiger charge is -2.20. The van der Waals surface area contributed by atoms with E-state index < -0.39 is 0 Å². The predicted molar refractivity (Wildman–Crippen MR) is 79.7 cm³/mol. The van der Waals surface area contributed by atoms with Crippen LogP contribution in [0, 0.1) is 5.41 Å². The second-order valence-corrected chi connectivity index (χ2v) is 6.40. The molecule has 0 bridgehead atoms. The Morgan fingerprint density at radius 2 is 2.05 bits per heavy atom. The van der Waals surface area contributed by atoms with Gasteiger partial charge in [-0.15, -0.1) is 0 Å². The number of rotatable bonds is 2. The zero-order valence-corrected chi connectivity index (χ0v) is 12.5. The molecule has 0 aliphatic heterocycles. The van der Waals surface area contributed by atoms with Gasteiger partial charge in [0.1, 0.15) is 5.52 Å². The fourth-order valence-corrected chi connectivity index (χ4v) is 2.35. The summed E-state index contributed by atoms with van der Waals surface area (Å²) in [7, 11) is 0. The third-order valence-electron chi connectivity index (χ3n) is 2.93. The molecule has 0 radical (unpaired) electrons. The van der Waals surface area contributed by atoms with Crippen LogP contribution in [0.3, 0.4) is 0 Å². The summed E-state index contributed by atoms with van der Waals surface area (Å²) in [4.78, 5) is 9.07. The Morgan fingerprint density at radius 3 is 2.70 bits per heavy atom. The van der Waals surface area contributed by atoms with E-state index in [2.05, 4.69) is 35.3 Å². The van der Waals surface area contributed by atoms with E-state index in [1.165, 1.54) is 0 Å². The molecule has 0 aromatic carbocycles. The van der Waals surface area contributed by atoms with Gasteiger partial charge in [-0.25, -0.2) is 9.97 Å². The van der Waals surface area contributed by atoms with Crippen molar-refractivity contribution in [3.05, 3.63) is 35.7 Å². The highest BCUT2D eigenvalue weighted by Crippen LogP contribution is 2.29. The van der Waals surface area contributed by atoms with Gasteiger partial charge in [0.05, 0.1) is 0 Å². The molecule has 0 N–H and O–H groups in total. The highest BCUT2D eigenvalue weighted by molar-refractivity contribution is 6.28. The maximum absolute atomic E-state index is 5.88. The number of halogens is 1. The van der Waals surface area contributed by atoms with Gasteiger partial charge >= 0.3 is 0 Å². The molecule has 0 aliphatic carbocycles. The Balaban J connectivity index is 2.22. The Morgan fingerprint density at radius 1 is 1.25 bits per heavy atom. The van der Waals surface area contributed by atoms with Crippen LogP contribution < -0.4 is 0 Å². The topological polar surface area (TPSA) is 43.9 Å². The SMILES string of the molecule is CC(C)(C)Cn1c(-c2ccc(Cl)o2)nc2cccnc21. The zero-order chi connectivity index (χ0) is 14.3. The monoisotopic (exact) mass is 289 g/mol. The molecule has 0 fully saturated rings. The molecule has 4 nitrogen and oxygen atoms in total. The second-order valence-electron chi connectivity index (χ2n) is 6.03. The van der Waals surface area contributed by atoms with E-state index in [-0.39, 0.29) is 5.41 Å². The summed E-state index contributed by atoms with van der Waals surface area (Å²) in [5.74, 6) is 1.43. The maximum Gasteiger partial charge on any atom is 0.194 e. The molecule has 0 atom stereocenters. The highest BCUT2D eigenvalue weighted by atomic mass is 35.5. The summed E-state index contributed by atoms with van der Waals surface area (Å²) in [5.41, 5.74) is 1.83. The highest BCUT2D eigenvalue weighted by Gasteiger charge is 2.20. The number of furan rings is 1. The van der Waals surface area contributed by atoms with E-state index in [9.17, 15) is 0 Å². The van der Waals surface area contributed by atoms with Gasteiger partial charge in [-0.1, -0.05) is 20.8 Å². The third-order valence-corrected chi connectivity index (χ3v) is 3.13. The van der Waals surface area contributed by atoms with E-state index in [4.69, 9.17) is 16.0 Å². The molecule has 0 saturated carbocycles. The first kappa shape index (κ1) is 13.2. The van der Waals surface area contributed by atoms with E-state index in [1.54, 1.807) is 12.3 Å². The molecule has 5 heteroatoms. The van der Waals surface area contributed by atoms with Crippen molar-refractivity contribution in [3.63, 3.8) is 0 Å². The van der Waals surface area contributed by atoms with Gasteiger partial charge < -0.3 is 8.98 Å². The summed E-state index contributed by atoms with van der Waals surface area (Å²) in [5, 5.41) is 0.363. The standard InChI is InChI=1S/C15H16ClN3O/c1-15(2,3)9-19-13-10(5-4-8-17-13)18-14(19)11-6-7-12(16)20-11/h4-8H,9H2,1-3H3. The summed E-state index contributed by atoms with van der Waals surface area (Å²) < 4.78 is 7.60. The van der Waals surface area contributed by atoms with E-state index in [0.717, 1.165) is 23.5 Å². The van der Waals surface area contributed by atoms with Gasteiger partial charge in [0.2, 0.25) is 0 Å². The van der Waals surface area contributed by atoms with Crippen LogP contribution in [0.5, 0.6) is 0 Å². The quantitative estimate of drug-likeness (QED) is 0.703. The number of fused-ring (bicyclic) bond motifs is 1. The second kappa shape index (κ2) is 4.63. The summed E-state index contributed by atoms with van der Waals surface area (Å²) in [6.07, 6.45) is 1.78. The molecule has 0 saturated heterocycles. The van der Waals surface area contributed by atoms with E-state index >= 15 is 0 Å². The van der Waals surface area contributed by atoms with E-state index in [1.807, 2.05) is 18.2 Å². The number of imidazole rings is 1. The lowest BCUT2D eigenvalue weighted by Crippen LogP contribution is -2.16. The normalized spacial score (nSPS) is 12.2. The number of pyridine rings is 1. The van der Waals surface area contributed by atoms with Gasteiger partial charge in [-0.2, -0.15) is 0 Å². The van der Waals surface area contributed by atoms with Crippen LogP contribution in [0.2, 0.25) is 5.22 Å². The van der Waals surface area contributed by atoms with Crippen molar-refractivity contribution >= 4 is 22.8 Å². The molecule has 0 spiro atoms. The minimum absolute atomic E-state index is 0.107. The lowest BCUT2D eigenvalue weighted by molar-refractivity contribution is 0.348. The Hall–Kier alpha value is -1.81. The van der Waals surface area contributed by atoms with Gasteiger partial charge in [0.15, 0.2) is 22.5 Å². The van der Waals surface area contributed by atoms with Crippen molar-refractivity contribution in [2.75, 3.05) is 0 Å². The average molecular weight is 290 g/mol. The Kier molecular flexibility index (Phi) is 3.05. The summed E-state index contributed by atoms with van der Waals surface area (Å²) >= 11 is 5.88. The minimum atomic E-state index is 0.107. The Bertz CT molecular complexity index is 752. The van der Waals surface area contributed by atoms with Crippen LogP contribution in [0.1, 0.15) is 20.8 Å². The maximum atomic E-state index is 5.88. The van der Waals surface area contributed by atoms with Crippen LogP contribution in [0.4, 0.5) is 0 Å². The van der Waals surface area contributed by atoms with Crippen molar-refractivity contribution in [1.29, 1.82) is 0 Å². The van der Waals surface area contributed by atoms with Crippen LogP contribution in [0.15, 0.2) is 34.9 Å². The molecule has 0 unspecified atom stereocenters. The van der Waals surface area contributed by atoms with Crippen molar-refractivity contribution in [2.24, 2.45) is 5.41 Å². The van der Waals surface area contributed by atoms with Crippen LogP contribution in [0.25, 0.3) is 22.7 Å². The van der Waals surface area contributed by atoms with E-state index in [0.29, 0.717) is 11.0 Å². The largest absolute Gasteiger partial charge is 0.441 e. The fourth-order valence-electron chi connectivity index (χ4n) is 2.21. The molecule has 3 heterocycles. The zero-order valence-electron chi connectivity index (χ0n) is 11.7. The van der Waals surface area contributed by atoms with Gasteiger partial charge in [-0.05, 0) is 41.3 Å². The molecule has 3 aromatic rings. The molecule has 3 aromatic heterocycles. The smallest absolute Gasteiger partial charge is 0.194 e. The van der Waals surface area contributed by atoms with Crippen molar-refractivity contribution in [1.82, 2.24) is 14.5 Å². The fraction of sp³-hybridized carbons (Fsp3) is 0.333. The van der Waals surface area contributed by atoms with Gasteiger partial charge in [0.25, 0.3) is 0 Å². The predicted octanol–water partition coefficient (Wildman–Crippen LogP) is 4.39. The lowest BCUT2D eigenvalue weighted by atomic mass is 9.97. The third kappa shape index (κ3) is 2.43. The molecular weight excluding hydrogens is 274 g/mol. The molecule has 3 rings (SSSR count). The van der Waals surface area contributed by atoms with Crippen molar-refractivity contribution in [2.45, 2.75) is 27.3 Å². The van der Waals surface area contributed by atoms with Gasteiger partial charge in [-0.3, -0.25) is 0 Å². The molecule has 104 valence electrons. The first-order valence-corrected chi connectivity index (χ1v) is 6.89. The first-order chi connectivity index (χ1) is 9.44. The summed E-state index contributed by atoms with van der Waals surface area (Å²) in [6.45, 7) is 7.34. The summed E-state index contributed by atoms with van der Waals surface area (Å²) in [6, 6.07) is 7.40. The number of aromatic nitrogens is 3. The van der Waals surface area contributed by atoms with Crippen LogP contribution >= 0.6 is 11.6 Å². The number of hydrogen-bond acceptors (Lipinski definition) is 3. The molecule has 20 heavy (non-hydrogen) atoms. The van der Waals surface area contributed by atoms with Crippen LogP contribution in [-0.4, -0.2) is 14.5 Å². The van der Waals surface area contributed by atoms with Crippen molar-refractivity contribution < 1.29 is 4.42 Å². The van der Waals surface area contributed by atoms with Crippen molar-refractivity contribution in [3.8, 4) is 11.6 Å². The Labute approximate surface area is 122 Å². The van der Waals surface area contributed by atoms with Crippen LogP contribution in [-0.2, 0) is 6.54 Å². The number of hydrogen-bond donors (Lipinski definition) is 0. The molecule has 0 amide bonds. The first-order valence-electron chi connectivity index (χ1n) is 6.51. The van der Waals surface area contributed by atoms with Gasteiger partial charge in [0, 0.05) is 12.7 Å². The number of nitrogens with zero attached hydrogens (tertiary/aromatic N) is 3. The average Bonchev–Trinajstić information content (AvgIpc) is 2.93. The molecular formula is C15H16ClN3O. The minimum Gasteiger partial charge on any atom is -0.441 e.